The monoisotopic (exact) mass is 338 g/mol. The Bertz CT molecular complexity index is 835. The van der Waals surface area contributed by atoms with Gasteiger partial charge in [-0.15, -0.1) is 0 Å². The molecule has 0 bridgehead atoms. The Balaban J connectivity index is 2.35. The summed E-state index contributed by atoms with van der Waals surface area (Å²) < 4.78 is 37.2. The molecule has 9 heteroatoms. The summed E-state index contributed by atoms with van der Waals surface area (Å²) in [7, 11) is -1.07. The Labute approximate surface area is 132 Å². The molecule has 0 aromatic heterocycles. The fraction of sp³-hybridized carbons (Fsp3) is 0.143. The van der Waals surface area contributed by atoms with Gasteiger partial charge in [-0.05, 0) is 18.2 Å². The van der Waals surface area contributed by atoms with Gasteiger partial charge in [-0.25, -0.2) is 8.42 Å². The van der Waals surface area contributed by atoms with Gasteiger partial charge >= 0.3 is 0 Å². The van der Waals surface area contributed by atoms with Gasteiger partial charge in [-0.2, -0.15) is 0 Å². The Kier molecular flexibility index (Phi) is 4.70. The van der Waals surface area contributed by atoms with E-state index in [9.17, 15) is 18.5 Å². The molecule has 0 unspecified atom stereocenters. The van der Waals surface area contributed by atoms with Gasteiger partial charge in [0.05, 0.1) is 29.7 Å². The fourth-order valence-corrected chi connectivity index (χ4v) is 2.97. The molecule has 0 heterocycles. The van der Waals surface area contributed by atoms with E-state index in [0.717, 1.165) is 6.07 Å². The van der Waals surface area contributed by atoms with Crippen LogP contribution in [0.25, 0.3) is 0 Å². The van der Waals surface area contributed by atoms with Crippen LogP contribution >= 0.6 is 0 Å². The van der Waals surface area contributed by atoms with Crippen LogP contribution in [0.3, 0.4) is 0 Å². The van der Waals surface area contributed by atoms with E-state index < -0.39 is 14.9 Å². The number of hydrogen-bond acceptors (Lipinski definition) is 6. The van der Waals surface area contributed by atoms with Gasteiger partial charge in [0.1, 0.15) is 0 Å². The smallest absolute Gasteiger partial charge is 0.270 e. The minimum absolute atomic E-state index is 0.207. The van der Waals surface area contributed by atoms with Crippen LogP contribution in [0, 0.1) is 10.1 Å². The van der Waals surface area contributed by atoms with Crippen molar-refractivity contribution in [2.75, 3.05) is 18.9 Å². The van der Waals surface area contributed by atoms with E-state index in [2.05, 4.69) is 4.72 Å². The molecule has 0 saturated heterocycles. The van der Waals surface area contributed by atoms with Gasteiger partial charge in [-0.1, -0.05) is 6.07 Å². The number of nitrogens with one attached hydrogen (secondary N) is 1. The van der Waals surface area contributed by atoms with Crippen LogP contribution in [-0.4, -0.2) is 27.6 Å². The molecular weight excluding hydrogens is 324 g/mol. The number of methoxy groups -OCH3 is 2. The second-order valence-corrected chi connectivity index (χ2v) is 6.11. The van der Waals surface area contributed by atoms with Crippen molar-refractivity contribution in [1.29, 1.82) is 0 Å². The summed E-state index contributed by atoms with van der Waals surface area (Å²) in [5.41, 5.74) is -0.0608. The van der Waals surface area contributed by atoms with E-state index >= 15 is 0 Å². The number of benzene rings is 2. The Morgan fingerprint density at radius 1 is 1.04 bits per heavy atom. The molecule has 0 spiro atoms. The summed E-state index contributed by atoms with van der Waals surface area (Å²) in [6, 6.07) is 9.28. The minimum Gasteiger partial charge on any atom is -0.493 e. The third-order valence-corrected chi connectivity index (χ3v) is 4.35. The highest BCUT2D eigenvalue weighted by molar-refractivity contribution is 7.92. The van der Waals surface area contributed by atoms with Crippen LogP contribution in [0.1, 0.15) is 0 Å². The molecular formula is C14H14N2O6S. The molecule has 2 aromatic rings. The number of nitro benzene ring substituents is 1. The van der Waals surface area contributed by atoms with Gasteiger partial charge in [0.15, 0.2) is 11.5 Å². The highest BCUT2D eigenvalue weighted by Gasteiger charge is 2.18. The molecule has 23 heavy (non-hydrogen) atoms. The first-order chi connectivity index (χ1) is 10.9. The predicted octanol–water partition coefficient (Wildman–Crippen LogP) is 2.41. The van der Waals surface area contributed by atoms with Crippen molar-refractivity contribution in [3.8, 4) is 11.5 Å². The predicted molar refractivity (Wildman–Crippen MR) is 83.5 cm³/mol. The number of ether oxygens (including phenoxy) is 2. The molecule has 0 aliphatic heterocycles. The van der Waals surface area contributed by atoms with Gasteiger partial charge < -0.3 is 9.47 Å². The number of nitro groups is 1. The number of hydrogen-bond donors (Lipinski definition) is 1. The van der Waals surface area contributed by atoms with Crippen LogP contribution < -0.4 is 14.2 Å². The molecule has 0 saturated carbocycles. The molecule has 0 aliphatic rings. The molecule has 2 rings (SSSR count). The third-order valence-electron chi connectivity index (χ3n) is 2.97. The van der Waals surface area contributed by atoms with Crippen LogP contribution in [0.15, 0.2) is 47.4 Å². The largest absolute Gasteiger partial charge is 0.493 e. The van der Waals surface area contributed by atoms with E-state index in [0.29, 0.717) is 11.5 Å². The van der Waals surface area contributed by atoms with Crippen LogP contribution in [0.2, 0.25) is 0 Å². The molecule has 8 nitrogen and oxygen atoms in total. The second kappa shape index (κ2) is 6.53. The van der Waals surface area contributed by atoms with Gasteiger partial charge in [0.25, 0.3) is 15.7 Å². The second-order valence-electron chi connectivity index (χ2n) is 4.43. The standard InChI is InChI=1S/C14H14N2O6S/c1-21-13-7-6-10(8-14(13)22-2)15-23(19,20)12-5-3-4-11(9-12)16(17)18/h3-9,15H,1-2H3. The molecule has 0 atom stereocenters. The zero-order valence-electron chi connectivity index (χ0n) is 12.3. The molecule has 0 aliphatic carbocycles. The highest BCUT2D eigenvalue weighted by atomic mass is 32.2. The molecule has 0 amide bonds. The summed E-state index contributed by atoms with van der Waals surface area (Å²) in [5.74, 6) is 0.803. The molecule has 0 fully saturated rings. The average molecular weight is 338 g/mol. The van der Waals surface area contributed by atoms with Crippen molar-refractivity contribution in [3.63, 3.8) is 0 Å². The van der Waals surface area contributed by atoms with Crippen LogP contribution in [0.4, 0.5) is 11.4 Å². The first kappa shape index (κ1) is 16.6. The SMILES string of the molecule is COc1ccc(NS(=O)(=O)c2cccc([N+](=O)[O-])c2)cc1OC. The zero-order chi connectivity index (χ0) is 17.0. The van der Waals surface area contributed by atoms with Crippen molar-refractivity contribution in [2.45, 2.75) is 4.90 Å². The van der Waals surface area contributed by atoms with Crippen LogP contribution in [-0.2, 0) is 10.0 Å². The fourth-order valence-electron chi connectivity index (χ4n) is 1.88. The Morgan fingerprint density at radius 3 is 2.35 bits per heavy atom. The Morgan fingerprint density at radius 2 is 1.74 bits per heavy atom. The number of anilines is 1. The van der Waals surface area contributed by atoms with Crippen molar-refractivity contribution < 1.29 is 22.8 Å². The first-order valence-corrected chi connectivity index (χ1v) is 7.85. The van der Waals surface area contributed by atoms with E-state index in [1.54, 1.807) is 6.07 Å². The number of non-ortho nitro benzene ring substituents is 1. The zero-order valence-corrected chi connectivity index (χ0v) is 13.2. The summed E-state index contributed by atoms with van der Waals surface area (Å²) >= 11 is 0. The van der Waals surface area contributed by atoms with Gasteiger partial charge in [-0.3, -0.25) is 14.8 Å². The summed E-state index contributed by atoms with van der Waals surface area (Å²) in [6.07, 6.45) is 0. The Hall–Kier alpha value is -2.81. The maximum Gasteiger partial charge on any atom is 0.270 e. The normalized spacial score (nSPS) is 10.9. The van der Waals surface area contributed by atoms with Crippen molar-refractivity contribution in [2.24, 2.45) is 0 Å². The third kappa shape index (κ3) is 3.69. The number of nitrogens with zero attached hydrogens (tertiary/aromatic N) is 1. The molecule has 122 valence electrons. The van der Waals surface area contributed by atoms with E-state index in [4.69, 9.17) is 9.47 Å². The topological polar surface area (TPSA) is 108 Å². The summed E-state index contributed by atoms with van der Waals surface area (Å²) in [6.45, 7) is 0. The number of sulfonamides is 1. The van der Waals surface area contributed by atoms with E-state index in [1.807, 2.05) is 0 Å². The minimum atomic E-state index is -3.96. The number of rotatable bonds is 6. The van der Waals surface area contributed by atoms with Crippen molar-refractivity contribution in [3.05, 3.63) is 52.6 Å². The van der Waals surface area contributed by atoms with Gasteiger partial charge in [0.2, 0.25) is 0 Å². The van der Waals surface area contributed by atoms with Crippen molar-refractivity contribution >= 4 is 21.4 Å². The lowest BCUT2D eigenvalue weighted by atomic mass is 10.3. The average Bonchev–Trinajstić information content (AvgIpc) is 2.54. The lowest BCUT2D eigenvalue weighted by molar-refractivity contribution is -0.385. The van der Waals surface area contributed by atoms with Gasteiger partial charge in [0, 0.05) is 18.2 Å². The summed E-state index contributed by atoms with van der Waals surface area (Å²) in [4.78, 5) is 9.89. The molecule has 0 radical (unpaired) electrons. The lowest BCUT2D eigenvalue weighted by Crippen LogP contribution is -2.13. The molecule has 1 N–H and O–H groups in total. The highest BCUT2D eigenvalue weighted by Crippen LogP contribution is 2.31. The van der Waals surface area contributed by atoms with E-state index in [-0.39, 0.29) is 16.3 Å². The van der Waals surface area contributed by atoms with Crippen molar-refractivity contribution in [1.82, 2.24) is 0 Å². The lowest BCUT2D eigenvalue weighted by Gasteiger charge is -2.11. The maximum atomic E-state index is 12.3. The van der Waals surface area contributed by atoms with E-state index in [1.165, 1.54) is 44.6 Å². The summed E-state index contributed by atoms with van der Waals surface area (Å²) in [5, 5.41) is 10.8. The first-order valence-electron chi connectivity index (χ1n) is 6.36. The quantitative estimate of drug-likeness (QED) is 0.640. The van der Waals surface area contributed by atoms with Crippen LogP contribution in [0.5, 0.6) is 11.5 Å². The maximum absolute atomic E-state index is 12.3. The molecule has 2 aromatic carbocycles.